The Bertz CT molecular complexity index is 908. The van der Waals surface area contributed by atoms with Crippen molar-refractivity contribution in [1.29, 1.82) is 5.26 Å². The number of nitrogens with two attached hydrogens (primary N) is 1. The van der Waals surface area contributed by atoms with Gasteiger partial charge in [-0.25, -0.2) is 9.37 Å². The van der Waals surface area contributed by atoms with Crippen molar-refractivity contribution in [2.75, 3.05) is 0 Å². The highest BCUT2D eigenvalue weighted by molar-refractivity contribution is 7.99. The van der Waals surface area contributed by atoms with E-state index in [1.807, 2.05) is 18.4 Å². The summed E-state index contributed by atoms with van der Waals surface area (Å²) in [4.78, 5) is 4.97. The first-order valence-corrected chi connectivity index (χ1v) is 12.0. The van der Waals surface area contributed by atoms with Gasteiger partial charge in [0.15, 0.2) is 5.82 Å². The fourth-order valence-corrected chi connectivity index (χ4v) is 5.22. The standard InChI is InChI=1S/C17H16Cl2FN3OS2.C3H5N/c18-10-3-9(4-11(19)14(10)20)26-17-15(16(24-17)8-1-2-8)22-5-12(21)13-6-25-7-23-13;1-2-3-4/h3-8,15-17,22H,1-2,21H2;2H2,1H3/b12-5-;. The maximum atomic E-state index is 13.6. The van der Waals surface area contributed by atoms with Crippen molar-refractivity contribution in [3.05, 3.63) is 50.8 Å². The summed E-state index contributed by atoms with van der Waals surface area (Å²) in [7, 11) is 0. The number of nitrogens with one attached hydrogen (secondary N) is 1. The van der Waals surface area contributed by atoms with Crippen molar-refractivity contribution in [3.8, 4) is 6.07 Å². The Morgan fingerprint density at radius 3 is 2.67 bits per heavy atom. The highest BCUT2D eigenvalue weighted by Crippen LogP contribution is 2.47. The number of aromatic nitrogens is 1. The van der Waals surface area contributed by atoms with Gasteiger partial charge in [0, 0.05) is 22.9 Å². The highest BCUT2D eigenvalue weighted by atomic mass is 35.5. The molecule has 2 aliphatic rings. The highest BCUT2D eigenvalue weighted by Gasteiger charge is 2.50. The molecule has 1 aliphatic carbocycles. The van der Waals surface area contributed by atoms with E-state index in [-0.39, 0.29) is 27.6 Å². The van der Waals surface area contributed by atoms with Gasteiger partial charge in [-0.05, 0) is 30.9 Å². The molecule has 1 saturated heterocycles. The molecule has 1 aliphatic heterocycles. The van der Waals surface area contributed by atoms with E-state index < -0.39 is 5.82 Å². The minimum atomic E-state index is -0.600. The molecule has 1 aromatic heterocycles. The fraction of sp³-hybridized carbons (Fsp3) is 0.400. The molecule has 160 valence electrons. The zero-order valence-corrected chi connectivity index (χ0v) is 19.3. The van der Waals surface area contributed by atoms with Crippen molar-refractivity contribution in [1.82, 2.24) is 10.3 Å². The summed E-state index contributed by atoms with van der Waals surface area (Å²) in [5, 5.41) is 12.9. The summed E-state index contributed by atoms with van der Waals surface area (Å²) in [6, 6.07) is 5.17. The van der Waals surface area contributed by atoms with Crippen LogP contribution in [-0.4, -0.2) is 22.6 Å². The third-order valence-corrected chi connectivity index (χ3v) is 6.83. The van der Waals surface area contributed by atoms with E-state index in [1.54, 1.807) is 23.8 Å². The average Bonchev–Trinajstić information content (AvgIpc) is 3.39. The van der Waals surface area contributed by atoms with Gasteiger partial charge in [0.05, 0.1) is 45.2 Å². The second kappa shape index (κ2) is 10.7. The summed E-state index contributed by atoms with van der Waals surface area (Å²) in [5.74, 6) is -0.0182. The molecular formula is C20H21Cl2FN4OS2. The first kappa shape index (κ1) is 23.2. The topological polar surface area (TPSA) is 84.0 Å². The SMILES string of the molecule is CCC#N.N/C(=C\NC1C(Sc2cc(Cl)c(F)c(Cl)c2)OC1C1CC1)c1cscn1. The predicted octanol–water partition coefficient (Wildman–Crippen LogP) is 5.65. The predicted molar refractivity (Wildman–Crippen MR) is 121 cm³/mol. The molecule has 1 saturated carbocycles. The van der Waals surface area contributed by atoms with Crippen LogP contribution >= 0.6 is 46.3 Å². The summed E-state index contributed by atoms with van der Waals surface area (Å²) in [6.07, 6.45) is 4.92. The number of rotatable bonds is 6. The van der Waals surface area contributed by atoms with Crippen molar-refractivity contribution in [3.63, 3.8) is 0 Å². The number of hydrogen-bond acceptors (Lipinski definition) is 7. The maximum absolute atomic E-state index is 13.6. The lowest BCUT2D eigenvalue weighted by Crippen LogP contribution is -2.59. The van der Waals surface area contributed by atoms with Crippen molar-refractivity contribution in [2.45, 2.75) is 48.7 Å². The van der Waals surface area contributed by atoms with Crippen LogP contribution in [0.4, 0.5) is 4.39 Å². The van der Waals surface area contributed by atoms with Crippen molar-refractivity contribution >= 4 is 52.0 Å². The van der Waals surface area contributed by atoms with Gasteiger partial charge >= 0.3 is 0 Å². The molecule has 0 amide bonds. The minimum absolute atomic E-state index is 0.00949. The van der Waals surface area contributed by atoms with Crippen LogP contribution < -0.4 is 11.1 Å². The monoisotopic (exact) mass is 486 g/mol. The Morgan fingerprint density at radius 1 is 1.47 bits per heavy atom. The normalized spacial score (nSPS) is 23.0. The van der Waals surface area contributed by atoms with Crippen LogP contribution in [0.25, 0.3) is 5.70 Å². The van der Waals surface area contributed by atoms with Gasteiger partial charge in [-0.1, -0.05) is 41.9 Å². The molecule has 3 N–H and O–H groups in total. The van der Waals surface area contributed by atoms with Gasteiger partial charge in [-0.15, -0.1) is 11.3 Å². The Kier molecular flexibility index (Phi) is 8.26. The van der Waals surface area contributed by atoms with Crippen LogP contribution in [0.5, 0.6) is 0 Å². The third-order valence-electron chi connectivity index (χ3n) is 4.55. The van der Waals surface area contributed by atoms with Crippen molar-refractivity contribution in [2.24, 2.45) is 11.7 Å². The number of nitrogens with zero attached hydrogens (tertiary/aromatic N) is 2. The van der Waals surface area contributed by atoms with Gasteiger partial charge < -0.3 is 15.8 Å². The van der Waals surface area contributed by atoms with Crippen molar-refractivity contribution < 1.29 is 9.13 Å². The molecule has 2 aromatic rings. The molecule has 10 heteroatoms. The molecule has 2 heterocycles. The zero-order valence-electron chi connectivity index (χ0n) is 16.1. The van der Waals surface area contributed by atoms with Gasteiger partial charge in [0.25, 0.3) is 0 Å². The molecule has 5 nitrogen and oxygen atoms in total. The van der Waals surface area contributed by atoms with Gasteiger partial charge in [-0.2, -0.15) is 5.26 Å². The van der Waals surface area contributed by atoms with Crippen LogP contribution in [0, 0.1) is 23.1 Å². The number of halogens is 3. The Hall–Kier alpha value is -1.50. The van der Waals surface area contributed by atoms with Gasteiger partial charge in [0.2, 0.25) is 0 Å². The summed E-state index contributed by atoms with van der Waals surface area (Å²) < 4.78 is 19.6. The Balaban J connectivity index is 0.000000589. The molecule has 4 rings (SSSR count). The third kappa shape index (κ3) is 5.80. The molecule has 0 spiro atoms. The Morgan fingerprint density at radius 2 is 2.13 bits per heavy atom. The first-order chi connectivity index (χ1) is 14.4. The molecule has 3 atom stereocenters. The number of nitriles is 1. The number of ether oxygens (including phenoxy) is 1. The van der Waals surface area contributed by atoms with Gasteiger partial charge in [0.1, 0.15) is 5.44 Å². The van der Waals surface area contributed by atoms with Crippen LogP contribution in [0.15, 0.2) is 34.1 Å². The smallest absolute Gasteiger partial charge is 0.160 e. The molecule has 0 bridgehead atoms. The lowest BCUT2D eigenvalue weighted by atomic mass is 10.0. The van der Waals surface area contributed by atoms with Crippen LogP contribution in [0.3, 0.4) is 0 Å². The molecular weight excluding hydrogens is 466 g/mol. The quantitative estimate of drug-likeness (QED) is 0.513. The second-order valence-corrected chi connectivity index (χ2v) is 9.51. The number of thioether (sulfide) groups is 1. The summed E-state index contributed by atoms with van der Waals surface area (Å²) >= 11 is 14.7. The Labute approximate surface area is 193 Å². The summed E-state index contributed by atoms with van der Waals surface area (Å²) in [6.45, 7) is 1.82. The molecule has 30 heavy (non-hydrogen) atoms. The molecule has 0 radical (unpaired) electrons. The van der Waals surface area contributed by atoms with Gasteiger partial charge in [-0.3, -0.25) is 0 Å². The summed E-state index contributed by atoms with van der Waals surface area (Å²) in [5.41, 5.74) is 9.04. The number of hydrogen-bond donors (Lipinski definition) is 2. The lowest BCUT2D eigenvalue weighted by Gasteiger charge is -2.45. The number of benzene rings is 1. The van der Waals surface area contributed by atoms with Crippen LogP contribution in [0.2, 0.25) is 10.0 Å². The zero-order chi connectivity index (χ0) is 21.7. The second-order valence-electron chi connectivity index (χ2n) is 6.80. The van der Waals surface area contributed by atoms with Crippen LogP contribution in [0.1, 0.15) is 31.9 Å². The van der Waals surface area contributed by atoms with E-state index in [2.05, 4.69) is 10.3 Å². The first-order valence-electron chi connectivity index (χ1n) is 9.38. The number of thiazole rings is 1. The molecule has 1 aromatic carbocycles. The average molecular weight is 487 g/mol. The van der Waals surface area contributed by atoms with E-state index in [0.717, 1.165) is 10.6 Å². The van der Waals surface area contributed by atoms with E-state index in [0.29, 0.717) is 18.0 Å². The largest absolute Gasteiger partial charge is 0.396 e. The van der Waals surface area contributed by atoms with E-state index in [9.17, 15) is 4.39 Å². The van der Waals surface area contributed by atoms with E-state index >= 15 is 0 Å². The fourth-order valence-electron chi connectivity index (χ4n) is 2.84. The van der Waals surface area contributed by atoms with E-state index in [1.165, 1.54) is 35.9 Å². The van der Waals surface area contributed by atoms with Crippen LogP contribution in [-0.2, 0) is 4.74 Å². The lowest BCUT2D eigenvalue weighted by molar-refractivity contribution is -0.116. The minimum Gasteiger partial charge on any atom is -0.396 e. The van der Waals surface area contributed by atoms with E-state index in [4.69, 9.17) is 38.9 Å². The maximum Gasteiger partial charge on any atom is 0.160 e. The molecule has 2 fully saturated rings. The molecule has 3 unspecified atom stereocenters.